The van der Waals surface area contributed by atoms with Gasteiger partial charge in [-0.1, -0.05) is 29.8 Å². The molecule has 0 saturated carbocycles. The summed E-state index contributed by atoms with van der Waals surface area (Å²) in [4.78, 5) is 33.3. The van der Waals surface area contributed by atoms with Crippen molar-refractivity contribution in [3.8, 4) is 11.4 Å². The van der Waals surface area contributed by atoms with E-state index in [1.165, 1.54) is 12.3 Å². The number of fused-ring (bicyclic) bond motifs is 5. The monoisotopic (exact) mass is 571 g/mol. The fraction of sp³-hybridized carbons (Fsp3) is 0.292. The number of ether oxygens (including phenoxy) is 1. The summed E-state index contributed by atoms with van der Waals surface area (Å²) < 4.78 is 64.2. The lowest BCUT2D eigenvalue weighted by atomic mass is 10.1. The minimum atomic E-state index is -5.12. The summed E-state index contributed by atoms with van der Waals surface area (Å²) in [6.45, 7) is 4.53. The molecular weight excluding hydrogens is 553 g/mol. The summed E-state index contributed by atoms with van der Waals surface area (Å²) in [5.74, 6) is -1.43. The standard InChI is InChI=1S/C24H19Cl2F4N5O3/c1-2-17(36)33-4-5-34-11(10-33)3-6-38-15-9-32-20-12(21(15)34)7-16(24(28,29)30)35(23(20)37)22-18(27)13(25)8-14(26)19(22)31/h2,7-9,11H,1,3-6,10,31H2. The summed E-state index contributed by atoms with van der Waals surface area (Å²) in [7, 11) is 0. The maximum atomic E-state index is 15.1. The minimum Gasteiger partial charge on any atom is -0.490 e. The number of alkyl halides is 3. The number of piperazine rings is 1. The predicted octanol–water partition coefficient (Wildman–Crippen LogP) is 4.42. The number of aromatic nitrogens is 2. The number of hydrogen-bond donors (Lipinski definition) is 1. The van der Waals surface area contributed by atoms with Crippen LogP contribution in [0.4, 0.5) is 28.9 Å². The van der Waals surface area contributed by atoms with E-state index in [9.17, 15) is 22.8 Å². The summed E-state index contributed by atoms with van der Waals surface area (Å²) in [6, 6.07) is 1.34. The lowest BCUT2D eigenvalue weighted by Gasteiger charge is -2.41. The first-order valence-corrected chi connectivity index (χ1v) is 12.1. The number of nitrogen functional groups attached to an aromatic ring is 1. The van der Waals surface area contributed by atoms with E-state index in [4.69, 9.17) is 33.7 Å². The minimum absolute atomic E-state index is 0.0971. The molecule has 0 radical (unpaired) electrons. The second kappa shape index (κ2) is 9.35. The molecule has 38 heavy (non-hydrogen) atoms. The molecule has 1 amide bonds. The van der Waals surface area contributed by atoms with Crippen LogP contribution in [0.3, 0.4) is 0 Å². The smallest absolute Gasteiger partial charge is 0.431 e. The number of amides is 1. The molecule has 2 aromatic heterocycles. The molecule has 14 heteroatoms. The third-order valence-corrected chi connectivity index (χ3v) is 7.23. The van der Waals surface area contributed by atoms with Crippen molar-refractivity contribution in [1.82, 2.24) is 14.5 Å². The van der Waals surface area contributed by atoms with Crippen LogP contribution in [0.1, 0.15) is 12.1 Å². The molecule has 200 valence electrons. The Balaban J connectivity index is 1.80. The highest BCUT2D eigenvalue weighted by molar-refractivity contribution is 6.37. The van der Waals surface area contributed by atoms with E-state index in [1.807, 2.05) is 4.90 Å². The zero-order chi connectivity index (χ0) is 27.5. The molecule has 1 unspecified atom stereocenters. The number of anilines is 2. The van der Waals surface area contributed by atoms with Gasteiger partial charge in [-0.3, -0.25) is 14.2 Å². The van der Waals surface area contributed by atoms with Crippen LogP contribution < -0.4 is 20.9 Å². The number of carbonyl (C=O) groups is 1. The van der Waals surface area contributed by atoms with Crippen LogP contribution in [0, 0.1) is 5.82 Å². The second-order valence-electron chi connectivity index (χ2n) is 8.79. The summed E-state index contributed by atoms with van der Waals surface area (Å²) in [5.41, 5.74) is 1.39. The first kappa shape index (κ1) is 26.1. The number of nitrogens with two attached hydrogens (primary N) is 1. The first-order valence-electron chi connectivity index (χ1n) is 11.3. The Bertz CT molecular complexity index is 1530. The van der Waals surface area contributed by atoms with Crippen LogP contribution in [0.5, 0.6) is 5.75 Å². The largest absolute Gasteiger partial charge is 0.490 e. The molecule has 4 heterocycles. The molecule has 0 spiro atoms. The van der Waals surface area contributed by atoms with Gasteiger partial charge in [-0.25, -0.2) is 9.37 Å². The zero-order valence-corrected chi connectivity index (χ0v) is 21.0. The van der Waals surface area contributed by atoms with Gasteiger partial charge in [0.25, 0.3) is 5.56 Å². The Labute approximate surface area is 222 Å². The second-order valence-corrected chi connectivity index (χ2v) is 9.60. The quantitative estimate of drug-likeness (QED) is 0.212. The van der Waals surface area contributed by atoms with Gasteiger partial charge in [0.15, 0.2) is 11.6 Å². The van der Waals surface area contributed by atoms with E-state index < -0.39 is 39.6 Å². The van der Waals surface area contributed by atoms with Crippen molar-refractivity contribution in [1.29, 1.82) is 0 Å². The topological polar surface area (TPSA) is 93.7 Å². The molecule has 2 aliphatic heterocycles. The third kappa shape index (κ3) is 4.11. The summed E-state index contributed by atoms with van der Waals surface area (Å²) in [6.07, 6.45) is -2.22. The van der Waals surface area contributed by atoms with Crippen LogP contribution in [0.15, 0.2) is 35.8 Å². The molecule has 2 N–H and O–H groups in total. The average Bonchev–Trinajstić information content (AvgIpc) is 3.06. The van der Waals surface area contributed by atoms with Crippen LogP contribution in [-0.4, -0.2) is 52.6 Å². The maximum absolute atomic E-state index is 15.1. The van der Waals surface area contributed by atoms with E-state index in [0.717, 1.165) is 6.07 Å². The number of pyridine rings is 2. The Morgan fingerprint density at radius 1 is 1.21 bits per heavy atom. The summed E-state index contributed by atoms with van der Waals surface area (Å²) in [5, 5.41) is -1.08. The van der Waals surface area contributed by atoms with E-state index in [1.54, 1.807) is 4.90 Å². The van der Waals surface area contributed by atoms with Crippen LogP contribution in [0.25, 0.3) is 16.6 Å². The predicted molar refractivity (Wildman–Crippen MR) is 135 cm³/mol. The van der Waals surface area contributed by atoms with Gasteiger partial charge in [-0.05, 0) is 18.2 Å². The number of nitrogens with zero attached hydrogens (tertiary/aromatic N) is 4. The van der Waals surface area contributed by atoms with E-state index in [2.05, 4.69) is 11.6 Å². The highest BCUT2D eigenvalue weighted by Gasteiger charge is 2.40. The third-order valence-electron chi connectivity index (χ3n) is 6.64. The van der Waals surface area contributed by atoms with Crippen molar-refractivity contribution in [2.45, 2.75) is 18.6 Å². The average molecular weight is 572 g/mol. The Morgan fingerprint density at radius 2 is 1.95 bits per heavy atom. The van der Waals surface area contributed by atoms with Crippen molar-refractivity contribution in [2.24, 2.45) is 0 Å². The van der Waals surface area contributed by atoms with Crippen LogP contribution in [0.2, 0.25) is 10.0 Å². The van der Waals surface area contributed by atoms with Gasteiger partial charge < -0.3 is 20.3 Å². The van der Waals surface area contributed by atoms with Crippen molar-refractivity contribution in [3.05, 3.63) is 62.9 Å². The normalized spacial score (nSPS) is 17.5. The maximum Gasteiger partial charge on any atom is 0.431 e. The summed E-state index contributed by atoms with van der Waals surface area (Å²) >= 11 is 11.8. The van der Waals surface area contributed by atoms with Gasteiger partial charge in [-0.2, -0.15) is 13.2 Å². The number of rotatable bonds is 2. The Kier molecular flexibility index (Phi) is 6.42. The van der Waals surface area contributed by atoms with Gasteiger partial charge >= 0.3 is 6.18 Å². The number of carbonyl (C=O) groups excluding carboxylic acids is 1. The fourth-order valence-electron chi connectivity index (χ4n) is 4.90. The van der Waals surface area contributed by atoms with Crippen molar-refractivity contribution in [2.75, 3.05) is 36.9 Å². The van der Waals surface area contributed by atoms with E-state index in [-0.39, 0.29) is 70.1 Å². The molecule has 1 fully saturated rings. The lowest BCUT2D eigenvalue weighted by Crippen LogP contribution is -2.54. The van der Waals surface area contributed by atoms with Crippen molar-refractivity contribution >= 4 is 51.4 Å². The highest BCUT2D eigenvalue weighted by atomic mass is 35.5. The molecule has 1 atom stereocenters. The lowest BCUT2D eigenvalue weighted by molar-refractivity contribution is -0.142. The van der Waals surface area contributed by atoms with Gasteiger partial charge in [0.1, 0.15) is 16.9 Å². The number of benzene rings is 1. The Morgan fingerprint density at radius 3 is 2.63 bits per heavy atom. The number of halogens is 6. The van der Waals surface area contributed by atoms with Gasteiger partial charge in [0.2, 0.25) is 5.91 Å². The zero-order valence-electron chi connectivity index (χ0n) is 19.5. The molecule has 2 aliphatic rings. The molecule has 1 aromatic carbocycles. The van der Waals surface area contributed by atoms with Crippen molar-refractivity contribution < 1.29 is 27.1 Å². The molecule has 0 aliphatic carbocycles. The van der Waals surface area contributed by atoms with Gasteiger partial charge in [-0.15, -0.1) is 0 Å². The molecule has 8 nitrogen and oxygen atoms in total. The number of hydrogen-bond acceptors (Lipinski definition) is 6. The highest BCUT2D eigenvalue weighted by Crippen LogP contribution is 2.43. The van der Waals surface area contributed by atoms with Crippen molar-refractivity contribution in [3.63, 3.8) is 0 Å². The molecule has 3 aromatic rings. The van der Waals surface area contributed by atoms with Gasteiger partial charge in [0.05, 0.1) is 40.3 Å². The molecule has 5 rings (SSSR count). The van der Waals surface area contributed by atoms with E-state index in [0.29, 0.717) is 12.5 Å². The van der Waals surface area contributed by atoms with Crippen LogP contribution in [-0.2, 0) is 11.0 Å². The fourth-order valence-corrected chi connectivity index (χ4v) is 5.35. The van der Waals surface area contributed by atoms with Crippen LogP contribution >= 0.6 is 23.2 Å². The Hall–Kier alpha value is -3.51. The molecule has 1 saturated heterocycles. The SMILES string of the molecule is C=CC(=O)N1CCN2c3c(cnc4c(=O)n(-c5c(N)c(Cl)cc(Cl)c5F)c(C(F)(F)F)cc34)OCCC2C1. The molecular formula is C24H19Cl2F4N5O3. The van der Waals surface area contributed by atoms with Gasteiger partial charge in [0, 0.05) is 31.4 Å². The first-order chi connectivity index (χ1) is 17.9. The van der Waals surface area contributed by atoms with E-state index >= 15 is 4.39 Å². The molecule has 0 bridgehead atoms.